The summed E-state index contributed by atoms with van der Waals surface area (Å²) in [5.41, 5.74) is 18.8. The van der Waals surface area contributed by atoms with Gasteiger partial charge < -0.3 is 18.9 Å². The van der Waals surface area contributed by atoms with Gasteiger partial charge in [0, 0.05) is 11.4 Å². The molecule has 0 spiro atoms. The number of hydrogen-bond acceptors (Lipinski definition) is 3. The Morgan fingerprint density at radius 3 is 1.48 bits per heavy atom. The Morgan fingerprint density at radius 1 is 0.437 bits per heavy atom. The second-order valence-corrected chi connectivity index (χ2v) is 20.6. The van der Waals surface area contributed by atoms with Crippen molar-refractivity contribution >= 4 is 17.1 Å². The van der Waals surface area contributed by atoms with Gasteiger partial charge >= 0.3 is 0 Å². The van der Waals surface area contributed by atoms with Crippen molar-refractivity contribution in [2.24, 2.45) is 5.92 Å². The number of nitrogens with zero attached hydrogens (tertiary/aromatic N) is 2. The van der Waals surface area contributed by atoms with E-state index >= 15 is 0 Å². The van der Waals surface area contributed by atoms with Crippen molar-refractivity contribution < 1.29 is 9.47 Å². The van der Waals surface area contributed by atoms with Crippen LogP contribution in [-0.4, -0.2) is 11.2 Å². The van der Waals surface area contributed by atoms with Crippen molar-refractivity contribution in [1.82, 2.24) is 4.57 Å². The summed E-state index contributed by atoms with van der Waals surface area (Å²) in [5.74, 6) is 3.22. The van der Waals surface area contributed by atoms with Gasteiger partial charge in [0.05, 0.1) is 29.4 Å². The lowest BCUT2D eigenvalue weighted by Crippen LogP contribution is -2.16. The summed E-state index contributed by atoms with van der Waals surface area (Å²) in [5, 5.41) is 0. The highest BCUT2D eigenvalue weighted by atomic mass is 16.5. The number of fused-ring (bicyclic) bond motifs is 2. The predicted octanol–water partition coefficient (Wildman–Crippen LogP) is 20.4. The van der Waals surface area contributed by atoms with Crippen LogP contribution in [0.4, 0.5) is 17.1 Å². The van der Waals surface area contributed by atoms with E-state index in [1.54, 1.807) is 5.56 Å². The molecule has 0 fully saturated rings. The Bertz CT molecular complexity index is 2740. The van der Waals surface area contributed by atoms with Crippen LogP contribution in [0.25, 0.3) is 39.3 Å². The average Bonchev–Trinajstić information content (AvgIpc) is 3.71. The fourth-order valence-corrected chi connectivity index (χ4v) is 10.6. The zero-order valence-corrected chi connectivity index (χ0v) is 44.4. The quantitative estimate of drug-likeness (QED) is 0.0506. The SMILES string of the molecule is CCCCCCCCc1c(CCCCCCCC)c(-c2ccc(-c3ccc4c(c3)Oc3cc(C)ccc3N4c3ccc(OCC(CC)CCCC)cc3)cc2)n(-c2ccc(C)cc2)c1-c1ccc(C)cc1. The number of rotatable bonds is 26. The molecule has 8 rings (SSSR count). The maximum absolute atomic E-state index is 6.81. The van der Waals surface area contributed by atoms with Gasteiger partial charge in [0.1, 0.15) is 5.75 Å². The Morgan fingerprint density at radius 2 is 0.901 bits per heavy atom. The van der Waals surface area contributed by atoms with E-state index in [1.807, 2.05) is 0 Å². The van der Waals surface area contributed by atoms with Gasteiger partial charge in [0.2, 0.25) is 0 Å². The van der Waals surface area contributed by atoms with Gasteiger partial charge in [0.25, 0.3) is 0 Å². The Balaban J connectivity index is 1.17. The van der Waals surface area contributed by atoms with Gasteiger partial charge in [-0.3, -0.25) is 0 Å². The molecule has 4 nitrogen and oxygen atoms in total. The number of unbranched alkanes of at least 4 members (excludes halogenated alkanes) is 11. The smallest absolute Gasteiger partial charge is 0.152 e. The highest BCUT2D eigenvalue weighted by Gasteiger charge is 2.28. The van der Waals surface area contributed by atoms with E-state index in [-0.39, 0.29) is 0 Å². The number of aryl methyl sites for hydroxylation is 3. The third-order valence-corrected chi connectivity index (χ3v) is 15.0. The van der Waals surface area contributed by atoms with Crippen LogP contribution in [0.15, 0.2) is 133 Å². The Kier molecular flexibility index (Phi) is 18.4. The first-order valence-electron chi connectivity index (χ1n) is 27.8. The van der Waals surface area contributed by atoms with Crippen LogP contribution < -0.4 is 14.4 Å². The molecule has 1 aliphatic heterocycles. The van der Waals surface area contributed by atoms with Gasteiger partial charge in [-0.2, -0.15) is 0 Å². The van der Waals surface area contributed by atoms with E-state index in [0.29, 0.717) is 5.92 Å². The third kappa shape index (κ3) is 12.7. The monoisotopic (exact) mass is 947 g/mol. The van der Waals surface area contributed by atoms with Crippen LogP contribution in [0.3, 0.4) is 0 Å². The van der Waals surface area contributed by atoms with Gasteiger partial charge in [-0.05, 0) is 158 Å². The van der Waals surface area contributed by atoms with Crippen molar-refractivity contribution in [3.8, 4) is 56.6 Å². The largest absolute Gasteiger partial charge is 0.493 e. The summed E-state index contributed by atoms with van der Waals surface area (Å²) in [6, 6.07) is 49.8. The van der Waals surface area contributed by atoms with Crippen LogP contribution in [0, 0.1) is 26.7 Å². The highest BCUT2D eigenvalue weighted by Crippen LogP contribution is 2.52. The topological polar surface area (TPSA) is 26.6 Å². The van der Waals surface area contributed by atoms with Gasteiger partial charge in [0.15, 0.2) is 11.5 Å². The summed E-state index contributed by atoms with van der Waals surface area (Å²) < 4.78 is 15.8. The minimum absolute atomic E-state index is 0.586. The fourth-order valence-electron chi connectivity index (χ4n) is 10.6. The highest BCUT2D eigenvalue weighted by molar-refractivity contribution is 5.88. The molecule has 1 atom stereocenters. The number of benzene rings is 6. The Labute approximate surface area is 428 Å². The molecule has 372 valence electrons. The van der Waals surface area contributed by atoms with Crippen molar-refractivity contribution in [1.29, 1.82) is 0 Å². The minimum atomic E-state index is 0.586. The molecule has 0 saturated carbocycles. The first kappa shape index (κ1) is 51.4. The van der Waals surface area contributed by atoms with E-state index in [0.717, 1.165) is 65.7 Å². The number of ether oxygens (including phenoxy) is 2. The molecular weight excluding hydrogens is 865 g/mol. The third-order valence-electron chi connectivity index (χ3n) is 15.0. The second kappa shape index (κ2) is 25.4. The molecule has 0 aliphatic carbocycles. The van der Waals surface area contributed by atoms with Crippen molar-refractivity contribution in [3.05, 3.63) is 161 Å². The molecule has 7 aromatic rings. The number of aromatic nitrogens is 1. The molecule has 0 radical (unpaired) electrons. The number of anilines is 3. The molecule has 0 bridgehead atoms. The van der Waals surface area contributed by atoms with Crippen LogP contribution in [0.2, 0.25) is 0 Å². The molecule has 1 aromatic heterocycles. The van der Waals surface area contributed by atoms with E-state index in [4.69, 9.17) is 9.47 Å². The molecule has 6 aromatic carbocycles. The van der Waals surface area contributed by atoms with E-state index in [1.165, 1.54) is 152 Å². The fraction of sp³-hybridized carbons (Fsp3) is 0.403. The summed E-state index contributed by atoms with van der Waals surface area (Å²) >= 11 is 0. The molecule has 0 N–H and O–H groups in total. The van der Waals surface area contributed by atoms with Crippen LogP contribution in [0.1, 0.15) is 158 Å². The molecular formula is C67H82N2O2. The van der Waals surface area contributed by atoms with Gasteiger partial charge in [-0.1, -0.05) is 195 Å². The lowest BCUT2D eigenvalue weighted by molar-refractivity contribution is 0.233. The molecule has 1 aliphatic rings. The van der Waals surface area contributed by atoms with E-state index < -0.39 is 0 Å². The second-order valence-electron chi connectivity index (χ2n) is 20.6. The van der Waals surface area contributed by atoms with Crippen LogP contribution >= 0.6 is 0 Å². The van der Waals surface area contributed by atoms with Crippen molar-refractivity contribution in [2.75, 3.05) is 11.5 Å². The van der Waals surface area contributed by atoms with Crippen LogP contribution in [-0.2, 0) is 12.8 Å². The zero-order valence-electron chi connectivity index (χ0n) is 44.4. The molecule has 2 heterocycles. The molecule has 0 amide bonds. The molecule has 4 heteroatoms. The summed E-state index contributed by atoms with van der Waals surface area (Å²) in [6.07, 6.45) is 22.5. The predicted molar refractivity (Wildman–Crippen MR) is 304 cm³/mol. The van der Waals surface area contributed by atoms with Crippen LogP contribution in [0.5, 0.6) is 17.2 Å². The maximum Gasteiger partial charge on any atom is 0.152 e. The molecule has 1 unspecified atom stereocenters. The standard InChI is InChI=1S/C67H82N2O2/c1-8-12-15-17-19-21-24-60-61(25-22-20-18-16-13-9-2)67(69(58-38-28-50(6)29-39-58)66(60)54-31-26-49(5)27-32-54)55-35-33-53(34-36-55)56-37-45-63-65(47-56)71-64-46-51(7)30-44-62(64)68(63)57-40-42-59(43-41-57)70-48-52(11-4)23-14-10-3/h26-47,52H,8-25,48H2,1-7H3. The lowest BCUT2D eigenvalue weighted by Gasteiger charge is -2.33. The number of hydrogen-bond donors (Lipinski definition) is 0. The summed E-state index contributed by atoms with van der Waals surface area (Å²) in [6.45, 7) is 16.5. The minimum Gasteiger partial charge on any atom is -0.493 e. The first-order valence-corrected chi connectivity index (χ1v) is 27.8. The molecule has 0 saturated heterocycles. The lowest BCUT2D eigenvalue weighted by atomic mass is 9.92. The normalized spacial score (nSPS) is 12.4. The zero-order chi connectivity index (χ0) is 49.5. The average molecular weight is 947 g/mol. The van der Waals surface area contributed by atoms with Gasteiger partial charge in [-0.15, -0.1) is 0 Å². The summed E-state index contributed by atoms with van der Waals surface area (Å²) in [4.78, 5) is 2.33. The van der Waals surface area contributed by atoms with E-state index in [9.17, 15) is 0 Å². The van der Waals surface area contributed by atoms with Crippen molar-refractivity contribution in [2.45, 2.75) is 164 Å². The molecule has 71 heavy (non-hydrogen) atoms. The summed E-state index contributed by atoms with van der Waals surface area (Å²) in [7, 11) is 0. The maximum atomic E-state index is 6.81. The Hall–Kier alpha value is -6.00. The van der Waals surface area contributed by atoms with Gasteiger partial charge in [-0.25, -0.2) is 0 Å². The first-order chi connectivity index (χ1) is 34.8. The van der Waals surface area contributed by atoms with Crippen molar-refractivity contribution in [3.63, 3.8) is 0 Å². The van der Waals surface area contributed by atoms with E-state index in [2.05, 4.69) is 191 Å².